The van der Waals surface area contributed by atoms with E-state index in [9.17, 15) is 9.47 Å². The van der Waals surface area contributed by atoms with Crippen LogP contribution in [0.15, 0.2) is 30.7 Å². The molecular formula is C22H26ClN5OS2. The Balaban J connectivity index is 0.000000491. The number of hydrogen-bond acceptors (Lipinski definition) is 6. The fourth-order valence-corrected chi connectivity index (χ4v) is 4.24. The number of halogens is 1. The smallest absolute Gasteiger partial charge is 0.0994 e. The van der Waals surface area contributed by atoms with E-state index in [4.69, 9.17) is 22.5 Å². The lowest BCUT2D eigenvalue weighted by atomic mass is 9.95. The summed E-state index contributed by atoms with van der Waals surface area (Å²) in [5.41, 5.74) is 11.1. The Morgan fingerprint density at radius 2 is 1.94 bits per heavy atom. The highest BCUT2D eigenvalue weighted by Gasteiger charge is 2.22. The van der Waals surface area contributed by atoms with Crippen molar-refractivity contribution in [3.63, 3.8) is 0 Å². The van der Waals surface area contributed by atoms with Gasteiger partial charge in [-0.3, -0.25) is 10.1 Å². The number of fused-ring (bicyclic) bond motifs is 1. The van der Waals surface area contributed by atoms with Crippen LogP contribution >= 0.6 is 22.6 Å². The molecule has 3 aromatic rings. The van der Waals surface area contributed by atoms with Crippen LogP contribution < -0.4 is 10.9 Å². The number of anilines is 1. The number of nitrogen functional groups attached to an aromatic ring is 1. The SMILES string of the molecule is CS(=O)SN.Cc1cc2c(cc1C#N)c(-c1cncc(N)c1Cl)cn2C1CCCCC1. The maximum Gasteiger partial charge on any atom is 0.0994 e. The number of aryl methyl sites for hydroxylation is 1. The van der Waals surface area contributed by atoms with Crippen LogP contribution in [-0.4, -0.2) is 20.0 Å². The summed E-state index contributed by atoms with van der Waals surface area (Å²) in [6.45, 7) is 1.99. The molecule has 4 rings (SSSR count). The summed E-state index contributed by atoms with van der Waals surface area (Å²) in [7, 11) is -0.0262. The van der Waals surface area contributed by atoms with Crippen LogP contribution in [0.5, 0.6) is 0 Å². The lowest BCUT2D eigenvalue weighted by molar-refractivity contribution is 0.361. The Labute approximate surface area is 194 Å². The Kier molecular flexibility index (Phi) is 8.00. The number of aromatic nitrogens is 2. The van der Waals surface area contributed by atoms with Gasteiger partial charge in [0.15, 0.2) is 0 Å². The number of nitrogens with zero attached hydrogens (tertiary/aromatic N) is 3. The first kappa shape index (κ1) is 23.6. The van der Waals surface area contributed by atoms with Crippen molar-refractivity contribution < 1.29 is 4.21 Å². The fraction of sp³-hybridized carbons (Fsp3) is 0.364. The van der Waals surface area contributed by atoms with E-state index in [0.717, 1.165) is 38.6 Å². The first-order valence-electron chi connectivity index (χ1n) is 10.0. The molecule has 0 saturated heterocycles. The first-order valence-corrected chi connectivity index (χ1v) is 13.4. The van der Waals surface area contributed by atoms with E-state index >= 15 is 0 Å². The Morgan fingerprint density at radius 3 is 2.55 bits per heavy atom. The molecule has 1 saturated carbocycles. The zero-order chi connectivity index (χ0) is 22.5. The number of nitriles is 1. The van der Waals surface area contributed by atoms with Crippen molar-refractivity contribution >= 4 is 49.0 Å². The summed E-state index contributed by atoms with van der Waals surface area (Å²) < 4.78 is 12.1. The van der Waals surface area contributed by atoms with Crippen molar-refractivity contribution in [2.45, 2.75) is 45.1 Å². The molecule has 9 heteroatoms. The van der Waals surface area contributed by atoms with E-state index in [1.54, 1.807) is 12.4 Å². The second-order valence-electron chi connectivity index (χ2n) is 7.63. The summed E-state index contributed by atoms with van der Waals surface area (Å²) >= 11 is 6.49. The molecule has 1 atom stereocenters. The van der Waals surface area contributed by atoms with Gasteiger partial charge in [0.05, 0.1) is 38.4 Å². The van der Waals surface area contributed by atoms with Crippen molar-refractivity contribution in [3.05, 3.63) is 46.9 Å². The topological polar surface area (TPSA) is 111 Å². The van der Waals surface area contributed by atoms with Gasteiger partial charge >= 0.3 is 0 Å². The van der Waals surface area contributed by atoms with Gasteiger partial charge in [-0.1, -0.05) is 30.9 Å². The van der Waals surface area contributed by atoms with Crippen LogP contribution in [0.3, 0.4) is 0 Å². The number of pyridine rings is 1. The highest BCUT2D eigenvalue weighted by atomic mass is 35.5. The molecule has 0 radical (unpaired) electrons. The maximum atomic E-state index is 9.76. The van der Waals surface area contributed by atoms with E-state index in [2.05, 4.69) is 27.9 Å². The second kappa shape index (κ2) is 10.5. The van der Waals surface area contributed by atoms with E-state index in [1.807, 2.05) is 13.0 Å². The normalized spacial score (nSPS) is 15.2. The van der Waals surface area contributed by atoms with Gasteiger partial charge in [-0.15, -0.1) is 0 Å². The van der Waals surface area contributed by atoms with Crippen molar-refractivity contribution in [3.8, 4) is 17.2 Å². The molecule has 0 aliphatic heterocycles. The quantitative estimate of drug-likeness (QED) is 0.381. The maximum absolute atomic E-state index is 9.76. The molecule has 1 aliphatic carbocycles. The van der Waals surface area contributed by atoms with Crippen molar-refractivity contribution in [1.82, 2.24) is 9.55 Å². The molecule has 0 bridgehead atoms. The zero-order valence-electron chi connectivity index (χ0n) is 17.6. The predicted octanol–water partition coefficient (Wildman–Crippen LogP) is 5.51. The molecule has 2 aromatic heterocycles. The molecular weight excluding hydrogens is 450 g/mol. The predicted molar refractivity (Wildman–Crippen MR) is 132 cm³/mol. The average molecular weight is 476 g/mol. The minimum Gasteiger partial charge on any atom is -0.396 e. The highest BCUT2D eigenvalue weighted by Crippen LogP contribution is 2.41. The molecule has 1 fully saturated rings. The summed E-state index contributed by atoms with van der Waals surface area (Å²) in [6.07, 6.45) is 13.2. The zero-order valence-corrected chi connectivity index (χ0v) is 20.0. The molecule has 31 heavy (non-hydrogen) atoms. The van der Waals surface area contributed by atoms with Gasteiger partial charge < -0.3 is 10.3 Å². The van der Waals surface area contributed by atoms with Crippen LogP contribution in [0, 0.1) is 18.3 Å². The number of hydrogen-bond donors (Lipinski definition) is 2. The monoisotopic (exact) mass is 475 g/mol. The molecule has 2 heterocycles. The molecule has 1 unspecified atom stereocenters. The van der Waals surface area contributed by atoms with Crippen molar-refractivity contribution in [2.24, 2.45) is 5.14 Å². The number of benzene rings is 1. The van der Waals surface area contributed by atoms with Gasteiger partial charge in [0.1, 0.15) is 0 Å². The largest absolute Gasteiger partial charge is 0.396 e. The second-order valence-corrected chi connectivity index (χ2v) is 11.0. The molecule has 0 amide bonds. The fourth-order valence-electron chi connectivity index (χ4n) is 4.05. The van der Waals surface area contributed by atoms with E-state index in [0.29, 0.717) is 22.3 Å². The Hall–Kier alpha value is -2.05. The average Bonchev–Trinajstić information content (AvgIpc) is 3.14. The van der Waals surface area contributed by atoms with Crippen molar-refractivity contribution in [2.75, 3.05) is 12.0 Å². The van der Waals surface area contributed by atoms with Gasteiger partial charge in [-0.2, -0.15) is 5.26 Å². The molecule has 1 aliphatic rings. The third-order valence-corrected chi connectivity index (χ3v) is 7.11. The third kappa shape index (κ3) is 5.24. The minimum atomic E-state index is -0.878. The van der Waals surface area contributed by atoms with Gasteiger partial charge in [0, 0.05) is 57.7 Å². The lowest BCUT2D eigenvalue weighted by Gasteiger charge is -2.24. The Morgan fingerprint density at radius 1 is 1.26 bits per heavy atom. The molecule has 6 nitrogen and oxygen atoms in total. The van der Waals surface area contributed by atoms with Crippen LogP contribution in [0.2, 0.25) is 5.02 Å². The summed E-state index contributed by atoms with van der Waals surface area (Å²) in [6, 6.07) is 6.88. The first-order chi connectivity index (χ1) is 14.9. The minimum absolute atomic E-state index is 0.468. The lowest BCUT2D eigenvalue weighted by Crippen LogP contribution is -2.11. The molecule has 0 spiro atoms. The van der Waals surface area contributed by atoms with E-state index < -0.39 is 9.83 Å². The summed E-state index contributed by atoms with van der Waals surface area (Å²) in [5, 5.41) is 15.8. The van der Waals surface area contributed by atoms with Crippen molar-refractivity contribution in [1.29, 1.82) is 5.26 Å². The summed E-state index contributed by atoms with van der Waals surface area (Å²) in [4.78, 5) is 4.23. The van der Waals surface area contributed by atoms with Crippen LogP contribution in [0.4, 0.5) is 5.69 Å². The number of rotatable bonds is 3. The molecule has 1 aromatic carbocycles. The summed E-state index contributed by atoms with van der Waals surface area (Å²) in [5.74, 6) is 0. The van der Waals surface area contributed by atoms with Crippen LogP contribution in [-0.2, 0) is 9.83 Å². The van der Waals surface area contributed by atoms with Gasteiger partial charge in [0.2, 0.25) is 0 Å². The molecule has 4 N–H and O–H groups in total. The van der Waals surface area contributed by atoms with E-state index in [1.165, 1.54) is 38.4 Å². The third-order valence-electron chi connectivity index (χ3n) is 5.60. The van der Waals surface area contributed by atoms with Gasteiger partial charge in [-0.05, 0) is 37.5 Å². The van der Waals surface area contributed by atoms with E-state index in [-0.39, 0.29) is 0 Å². The van der Waals surface area contributed by atoms with Gasteiger partial charge in [0.25, 0.3) is 0 Å². The molecule has 164 valence electrons. The number of nitrogens with two attached hydrogens (primary N) is 2. The highest BCUT2D eigenvalue weighted by molar-refractivity contribution is 8.68. The van der Waals surface area contributed by atoms with Crippen LogP contribution in [0.25, 0.3) is 22.0 Å². The Bertz CT molecular complexity index is 1150. The van der Waals surface area contributed by atoms with Gasteiger partial charge in [-0.25, -0.2) is 4.21 Å². The standard InChI is InChI=1S/C21H21ClN4.CH5NOS2/c1-13-7-20-16(8-14(13)9-23)18(17-10-25-11-19(24)21(17)22)12-26(20)15-5-3-2-4-6-15;1-5(3)4-2/h7-8,10-12,15H,2-6,24H2,1H3;2H2,1H3. The van der Waals surface area contributed by atoms with Crippen LogP contribution in [0.1, 0.15) is 49.3 Å².